The Kier molecular flexibility index (Phi) is 5.56. The van der Waals surface area contributed by atoms with Gasteiger partial charge in [0.2, 0.25) is 0 Å². The van der Waals surface area contributed by atoms with Gasteiger partial charge in [-0.3, -0.25) is 4.79 Å². The lowest BCUT2D eigenvalue weighted by molar-refractivity contribution is -0.207. The number of halogens is 3. The second-order valence-corrected chi connectivity index (χ2v) is 7.93. The Bertz CT molecular complexity index is 1280. The summed E-state index contributed by atoms with van der Waals surface area (Å²) in [4.78, 5) is 26.0. The predicted molar refractivity (Wildman–Crippen MR) is 107 cm³/mol. The molecule has 1 aliphatic rings. The molecule has 33 heavy (non-hydrogen) atoms. The van der Waals surface area contributed by atoms with E-state index in [-0.39, 0.29) is 41.0 Å². The SMILES string of the molecule is Cc1cc(-c2cc(=O)c3c(O)cc(O)c([C@H]4CCN(C)C[C@H]4OC(=O)C(F)(F)F)c3o2)no1. The number of phenolic OH excluding ortho intramolecular Hbond substituents is 2. The van der Waals surface area contributed by atoms with E-state index in [1.165, 1.54) is 6.07 Å². The molecule has 9 nitrogen and oxygen atoms in total. The molecule has 3 aromatic rings. The van der Waals surface area contributed by atoms with Crippen LogP contribution in [0.25, 0.3) is 22.4 Å². The fourth-order valence-electron chi connectivity index (χ4n) is 4.01. The molecule has 0 bridgehead atoms. The Labute approximate surface area is 184 Å². The molecule has 12 heteroatoms. The first-order valence-electron chi connectivity index (χ1n) is 9.88. The van der Waals surface area contributed by atoms with E-state index in [9.17, 15) is 33.0 Å². The molecule has 1 saturated heterocycles. The van der Waals surface area contributed by atoms with Crippen LogP contribution in [0.3, 0.4) is 0 Å². The summed E-state index contributed by atoms with van der Waals surface area (Å²) in [5.41, 5.74) is -0.778. The predicted octanol–water partition coefficient (Wildman–Crippen LogP) is 3.06. The maximum Gasteiger partial charge on any atom is 0.490 e. The van der Waals surface area contributed by atoms with Gasteiger partial charge >= 0.3 is 12.1 Å². The van der Waals surface area contributed by atoms with E-state index in [1.807, 2.05) is 0 Å². The lowest BCUT2D eigenvalue weighted by Crippen LogP contribution is -2.45. The van der Waals surface area contributed by atoms with E-state index in [0.29, 0.717) is 12.3 Å². The molecule has 176 valence electrons. The van der Waals surface area contributed by atoms with Gasteiger partial charge in [-0.1, -0.05) is 5.16 Å². The zero-order valence-electron chi connectivity index (χ0n) is 17.5. The normalized spacial score (nSPS) is 19.7. The number of rotatable bonds is 3. The van der Waals surface area contributed by atoms with Gasteiger partial charge in [-0.25, -0.2) is 4.79 Å². The highest BCUT2D eigenvalue weighted by Crippen LogP contribution is 2.43. The first-order valence-corrected chi connectivity index (χ1v) is 9.88. The van der Waals surface area contributed by atoms with Crippen LogP contribution in [0, 0.1) is 6.92 Å². The quantitative estimate of drug-likeness (QED) is 0.558. The van der Waals surface area contributed by atoms with Crippen LogP contribution in [0.2, 0.25) is 0 Å². The first-order chi connectivity index (χ1) is 15.5. The number of carbonyl (C=O) groups is 1. The molecule has 0 spiro atoms. The zero-order valence-corrected chi connectivity index (χ0v) is 17.5. The van der Waals surface area contributed by atoms with Crippen molar-refractivity contribution in [2.45, 2.75) is 31.5 Å². The number of ether oxygens (including phenoxy) is 1. The number of hydrogen-bond acceptors (Lipinski definition) is 9. The molecule has 1 fully saturated rings. The number of aromatic hydroxyl groups is 2. The first kappa shape index (κ1) is 22.6. The van der Waals surface area contributed by atoms with Crippen molar-refractivity contribution in [3.8, 4) is 23.0 Å². The number of piperidine rings is 1. The van der Waals surface area contributed by atoms with Gasteiger partial charge in [-0.15, -0.1) is 0 Å². The maximum atomic E-state index is 12.9. The van der Waals surface area contributed by atoms with E-state index in [4.69, 9.17) is 13.7 Å². The van der Waals surface area contributed by atoms with Crippen molar-refractivity contribution in [1.29, 1.82) is 0 Å². The molecule has 4 rings (SSSR count). The van der Waals surface area contributed by atoms with Crippen molar-refractivity contribution in [1.82, 2.24) is 10.1 Å². The molecule has 2 atom stereocenters. The Morgan fingerprint density at radius 1 is 1.24 bits per heavy atom. The van der Waals surface area contributed by atoms with Crippen molar-refractivity contribution in [3.63, 3.8) is 0 Å². The summed E-state index contributed by atoms with van der Waals surface area (Å²) in [5, 5.41) is 24.4. The second-order valence-electron chi connectivity index (χ2n) is 7.93. The molecular formula is C21H19F3N2O7. The van der Waals surface area contributed by atoms with E-state index in [0.717, 1.165) is 12.1 Å². The highest BCUT2D eigenvalue weighted by atomic mass is 19.4. The third-order valence-electron chi connectivity index (χ3n) is 5.50. The lowest BCUT2D eigenvalue weighted by Gasteiger charge is -2.36. The maximum absolute atomic E-state index is 12.9. The number of likely N-dealkylation sites (tertiary alicyclic amines) is 1. The van der Waals surface area contributed by atoms with Crippen LogP contribution in [0.1, 0.15) is 23.7 Å². The van der Waals surface area contributed by atoms with Crippen LogP contribution in [-0.4, -0.2) is 58.7 Å². The van der Waals surface area contributed by atoms with Crippen molar-refractivity contribution in [2.24, 2.45) is 0 Å². The summed E-state index contributed by atoms with van der Waals surface area (Å²) in [6.45, 7) is 1.97. The van der Waals surface area contributed by atoms with Crippen LogP contribution in [0.15, 0.2) is 31.9 Å². The Hall–Kier alpha value is -3.54. The number of alkyl halides is 3. The van der Waals surface area contributed by atoms with Gasteiger partial charge in [0.1, 0.15) is 40.0 Å². The average molecular weight is 468 g/mol. The van der Waals surface area contributed by atoms with Gasteiger partial charge in [0.05, 0.1) is 0 Å². The number of likely N-dealkylation sites (N-methyl/N-ethyl adjacent to an activating group) is 1. The largest absolute Gasteiger partial charge is 0.507 e. The van der Waals surface area contributed by atoms with Gasteiger partial charge in [-0.2, -0.15) is 13.2 Å². The minimum absolute atomic E-state index is 0.0348. The number of nitrogens with zero attached hydrogens (tertiary/aromatic N) is 2. The van der Waals surface area contributed by atoms with Crippen molar-refractivity contribution in [2.75, 3.05) is 20.1 Å². The van der Waals surface area contributed by atoms with Gasteiger partial charge in [-0.05, 0) is 26.9 Å². The number of phenols is 2. The molecule has 0 unspecified atom stereocenters. The fourth-order valence-corrected chi connectivity index (χ4v) is 4.01. The Balaban J connectivity index is 1.90. The third kappa shape index (κ3) is 4.25. The van der Waals surface area contributed by atoms with E-state index in [1.54, 1.807) is 18.9 Å². The van der Waals surface area contributed by atoms with Gasteiger partial charge in [0.15, 0.2) is 11.2 Å². The Morgan fingerprint density at radius 3 is 2.61 bits per heavy atom. The number of carbonyl (C=O) groups excluding carboxylic acids is 1. The standard InChI is InChI=1S/C21H19F3N2O7/c1-9-5-11(25-33-9)15-7-14(29)18-13(28)6-12(27)17(19(18)31-15)10-3-4-26(2)8-16(10)32-20(30)21(22,23)24/h5-7,10,16,27-28H,3-4,8H2,1-2H3/t10-,16+/m0/s1. The monoisotopic (exact) mass is 468 g/mol. The summed E-state index contributed by atoms with van der Waals surface area (Å²) in [5.74, 6) is -4.00. The minimum atomic E-state index is -5.20. The number of esters is 1. The highest BCUT2D eigenvalue weighted by Gasteiger charge is 2.45. The number of aromatic nitrogens is 1. The molecule has 3 heterocycles. The van der Waals surface area contributed by atoms with Gasteiger partial charge in [0, 0.05) is 36.2 Å². The molecule has 0 radical (unpaired) electrons. The number of fused-ring (bicyclic) bond motifs is 1. The van der Waals surface area contributed by atoms with Crippen molar-refractivity contribution in [3.05, 3.63) is 39.7 Å². The third-order valence-corrected chi connectivity index (χ3v) is 5.50. The molecule has 1 aliphatic heterocycles. The summed E-state index contributed by atoms with van der Waals surface area (Å²) >= 11 is 0. The molecule has 0 amide bonds. The second kappa shape index (κ2) is 8.10. The molecular weight excluding hydrogens is 449 g/mol. The van der Waals surface area contributed by atoms with Crippen LogP contribution in [0.5, 0.6) is 11.5 Å². The Morgan fingerprint density at radius 2 is 1.97 bits per heavy atom. The van der Waals surface area contributed by atoms with Crippen LogP contribution in [0.4, 0.5) is 13.2 Å². The highest BCUT2D eigenvalue weighted by molar-refractivity contribution is 5.89. The number of benzene rings is 1. The molecule has 0 saturated carbocycles. The zero-order chi connectivity index (χ0) is 24.1. The van der Waals surface area contributed by atoms with Crippen molar-refractivity contribution >= 4 is 16.9 Å². The molecule has 2 N–H and O–H groups in total. The van der Waals surface area contributed by atoms with Crippen LogP contribution in [-0.2, 0) is 9.53 Å². The van der Waals surface area contributed by atoms with E-state index in [2.05, 4.69) is 5.16 Å². The topological polar surface area (TPSA) is 126 Å². The van der Waals surface area contributed by atoms with E-state index < -0.39 is 41.1 Å². The number of hydrogen-bond donors (Lipinski definition) is 2. The minimum Gasteiger partial charge on any atom is -0.507 e. The molecule has 2 aromatic heterocycles. The van der Waals surface area contributed by atoms with E-state index >= 15 is 0 Å². The summed E-state index contributed by atoms with van der Waals surface area (Å²) < 4.78 is 54.2. The summed E-state index contributed by atoms with van der Waals surface area (Å²) in [6, 6.07) is 3.49. The molecule has 1 aromatic carbocycles. The summed E-state index contributed by atoms with van der Waals surface area (Å²) in [6.07, 6.45) is -6.33. The van der Waals surface area contributed by atoms with Gasteiger partial charge in [0.25, 0.3) is 0 Å². The fraction of sp³-hybridized carbons (Fsp3) is 0.381. The number of aryl methyl sites for hydroxylation is 1. The smallest absolute Gasteiger partial charge is 0.490 e. The van der Waals surface area contributed by atoms with Crippen molar-refractivity contribution < 1.29 is 41.9 Å². The van der Waals surface area contributed by atoms with Crippen LogP contribution < -0.4 is 5.43 Å². The van der Waals surface area contributed by atoms with Crippen LogP contribution >= 0.6 is 0 Å². The average Bonchev–Trinajstić information content (AvgIpc) is 3.14. The molecule has 0 aliphatic carbocycles. The van der Waals surface area contributed by atoms with Gasteiger partial charge < -0.3 is 28.8 Å². The lowest BCUT2D eigenvalue weighted by atomic mass is 9.85. The summed E-state index contributed by atoms with van der Waals surface area (Å²) in [7, 11) is 1.64.